The van der Waals surface area contributed by atoms with Gasteiger partial charge in [0.15, 0.2) is 0 Å². The molecule has 0 aromatic heterocycles. The lowest BCUT2D eigenvalue weighted by Gasteiger charge is -2.09. The summed E-state index contributed by atoms with van der Waals surface area (Å²) in [5, 5.41) is 8.55. The van der Waals surface area contributed by atoms with Crippen molar-refractivity contribution in [3.05, 3.63) is 54.1 Å². The molecule has 0 aliphatic carbocycles. The van der Waals surface area contributed by atoms with E-state index >= 15 is 0 Å². The maximum absolute atomic E-state index is 10.5. The molecule has 110 valence electrons. The number of hydrogen-bond donors (Lipinski definition) is 1. The van der Waals surface area contributed by atoms with Crippen molar-refractivity contribution < 1.29 is 14.6 Å². The van der Waals surface area contributed by atoms with E-state index in [1.165, 1.54) is 12.0 Å². The van der Waals surface area contributed by atoms with Crippen molar-refractivity contribution in [1.82, 2.24) is 0 Å². The molecule has 0 radical (unpaired) electrons. The maximum Gasteiger partial charge on any atom is 0.511 e. The predicted molar refractivity (Wildman–Crippen MR) is 83.7 cm³/mol. The van der Waals surface area contributed by atoms with Crippen LogP contribution in [0.4, 0.5) is 4.79 Å². The molecule has 2 aromatic rings. The molecule has 0 spiro atoms. The second kappa shape index (κ2) is 6.93. The van der Waals surface area contributed by atoms with Crippen LogP contribution >= 0.6 is 0 Å². The van der Waals surface area contributed by atoms with Crippen molar-refractivity contribution in [1.29, 1.82) is 0 Å². The monoisotopic (exact) mass is 284 g/mol. The van der Waals surface area contributed by atoms with Crippen LogP contribution < -0.4 is 4.74 Å². The molecular formula is C18H20O3. The summed E-state index contributed by atoms with van der Waals surface area (Å²) in [6.45, 7) is 4.47. The molecule has 0 aliphatic heterocycles. The van der Waals surface area contributed by atoms with Gasteiger partial charge in [-0.2, -0.15) is 0 Å². The van der Waals surface area contributed by atoms with Gasteiger partial charge in [-0.05, 0) is 41.2 Å². The molecular weight excluding hydrogens is 264 g/mol. The van der Waals surface area contributed by atoms with E-state index in [0.717, 1.165) is 17.5 Å². The van der Waals surface area contributed by atoms with E-state index in [-0.39, 0.29) is 0 Å². The highest BCUT2D eigenvalue weighted by Crippen LogP contribution is 2.23. The topological polar surface area (TPSA) is 46.5 Å². The summed E-state index contributed by atoms with van der Waals surface area (Å²) in [5.41, 5.74) is 3.51. The fourth-order valence-corrected chi connectivity index (χ4v) is 2.20. The first-order valence-corrected chi connectivity index (χ1v) is 7.18. The summed E-state index contributed by atoms with van der Waals surface area (Å²) in [6, 6.07) is 15.6. The summed E-state index contributed by atoms with van der Waals surface area (Å²) in [5.74, 6) is 1.03. The van der Waals surface area contributed by atoms with Crippen LogP contribution in [0.1, 0.15) is 25.8 Å². The molecule has 2 aromatic carbocycles. The van der Waals surface area contributed by atoms with Gasteiger partial charge in [0, 0.05) is 0 Å². The quantitative estimate of drug-likeness (QED) is 0.621. The van der Waals surface area contributed by atoms with E-state index < -0.39 is 6.16 Å². The SMILES string of the molecule is CC[C@H](C)Cc1ccc(-c2ccc(OC(=O)O)cc2)cc1. The van der Waals surface area contributed by atoms with Crippen LogP contribution in [0.2, 0.25) is 0 Å². The third-order valence-corrected chi connectivity index (χ3v) is 3.63. The standard InChI is InChI=1S/C18H20O3/c1-3-13(2)12-14-4-6-15(7-5-14)16-8-10-17(11-9-16)21-18(19)20/h4-11,13H,3,12H2,1-2H3,(H,19,20)/t13-/m0/s1. The molecule has 0 saturated heterocycles. The van der Waals surface area contributed by atoms with Crippen molar-refractivity contribution in [2.75, 3.05) is 0 Å². The lowest BCUT2D eigenvalue weighted by molar-refractivity contribution is 0.144. The zero-order valence-electron chi connectivity index (χ0n) is 12.4. The second-order valence-corrected chi connectivity index (χ2v) is 5.31. The smallest absolute Gasteiger partial charge is 0.449 e. The lowest BCUT2D eigenvalue weighted by Crippen LogP contribution is -2.02. The summed E-state index contributed by atoms with van der Waals surface area (Å²) >= 11 is 0. The first-order valence-electron chi connectivity index (χ1n) is 7.18. The highest BCUT2D eigenvalue weighted by Gasteiger charge is 2.04. The Hall–Kier alpha value is -2.29. The number of hydrogen-bond acceptors (Lipinski definition) is 2. The van der Waals surface area contributed by atoms with Gasteiger partial charge in [-0.3, -0.25) is 0 Å². The average molecular weight is 284 g/mol. The van der Waals surface area contributed by atoms with Crippen LogP contribution in [0.5, 0.6) is 5.75 Å². The van der Waals surface area contributed by atoms with Gasteiger partial charge in [-0.25, -0.2) is 4.79 Å². The van der Waals surface area contributed by atoms with E-state index in [2.05, 4.69) is 42.8 Å². The first-order chi connectivity index (χ1) is 10.1. The van der Waals surface area contributed by atoms with Crippen LogP contribution in [-0.4, -0.2) is 11.3 Å². The number of ether oxygens (including phenoxy) is 1. The van der Waals surface area contributed by atoms with Crippen LogP contribution in [0.25, 0.3) is 11.1 Å². The number of rotatable bonds is 5. The zero-order chi connectivity index (χ0) is 15.2. The van der Waals surface area contributed by atoms with Crippen molar-refractivity contribution >= 4 is 6.16 Å². The minimum Gasteiger partial charge on any atom is -0.449 e. The normalized spacial score (nSPS) is 11.9. The molecule has 0 fully saturated rings. The summed E-state index contributed by atoms with van der Waals surface area (Å²) in [4.78, 5) is 10.5. The fourth-order valence-electron chi connectivity index (χ4n) is 2.20. The molecule has 2 rings (SSSR count). The predicted octanol–water partition coefficient (Wildman–Crippen LogP) is 5.00. The number of benzene rings is 2. The molecule has 1 N–H and O–H groups in total. The Balaban J connectivity index is 2.09. The van der Waals surface area contributed by atoms with Gasteiger partial charge >= 0.3 is 6.16 Å². The fraction of sp³-hybridized carbons (Fsp3) is 0.278. The van der Waals surface area contributed by atoms with E-state index in [1.807, 2.05) is 12.1 Å². The molecule has 0 heterocycles. The minimum atomic E-state index is -1.29. The van der Waals surface area contributed by atoms with E-state index in [4.69, 9.17) is 5.11 Å². The van der Waals surface area contributed by atoms with Gasteiger partial charge in [0.2, 0.25) is 0 Å². The van der Waals surface area contributed by atoms with Crippen LogP contribution in [0.15, 0.2) is 48.5 Å². The number of carboxylic acid groups (broad SMARTS) is 1. The van der Waals surface area contributed by atoms with Gasteiger partial charge in [0.1, 0.15) is 5.75 Å². The lowest BCUT2D eigenvalue weighted by atomic mass is 9.97. The van der Waals surface area contributed by atoms with Gasteiger partial charge in [0.05, 0.1) is 0 Å². The van der Waals surface area contributed by atoms with E-state index in [9.17, 15) is 4.79 Å². The second-order valence-electron chi connectivity index (χ2n) is 5.31. The van der Waals surface area contributed by atoms with Crippen molar-refractivity contribution in [3.8, 4) is 16.9 Å². The average Bonchev–Trinajstić information content (AvgIpc) is 2.48. The zero-order valence-corrected chi connectivity index (χ0v) is 12.4. The van der Waals surface area contributed by atoms with Crippen molar-refractivity contribution in [2.45, 2.75) is 26.7 Å². The molecule has 0 aliphatic rings. The third-order valence-electron chi connectivity index (χ3n) is 3.63. The first kappa shape index (κ1) is 15.1. The Morgan fingerprint density at radius 1 is 1.05 bits per heavy atom. The van der Waals surface area contributed by atoms with E-state index in [1.54, 1.807) is 12.1 Å². The minimum absolute atomic E-state index is 0.333. The molecule has 0 unspecified atom stereocenters. The molecule has 21 heavy (non-hydrogen) atoms. The van der Waals surface area contributed by atoms with Crippen molar-refractivity contribution in [2.24, 2.45) is 5.92 Å². The van der Waals surface area contributed by atoms with Crippen LogP contribution in [0, 0.1) is 5.92 Å². The molecule has 3 heteroatoms. The van der Waals surface area contributed by atoms with Crippen LogP contribution in [-0.2, 0) is 6.42 Å². The molecule has 0 bridgehead atoms. The Bertz CT molecular complexity index is 585. The maximum atomic E-state index is 10.5. The van der Waals surface area contributed by atoms with Gasteiger partial charge < -0.3 is 9.84 Å². The Kier molecular flexibility index (Phi) is 4.99. The summed E-state index contributed by atoms with van der Waals surface area (Å²) in [6.07, 6.45) is 0.992. The molecule has 0 saturated carbocycles. The Morgan fingerprint density at radius 3 is 2.05 bits per heavy atom. The van der Waals surface area contributed by atoms with Gasteiger partial charge in [-0.1, -0.05) is 56.7 Å². The van der Waals surface area contributed by atoms with Gasteiger partial charge in [-0.15, -0.1) is 0 Å². The number of carbonyl (C=O) groups is 1. The Labute approximate surface area is 125 Å². The largest absolute Gasteiger partial charge is 0.511 e. The Morgan fingerprint density at radius 2 is 1.57 bits per heavy atom. The van der Waals surface area contributed by atoms with Gasteiger partial charge in [0.25, 0.3) is 0 Å². The van der Waals surface area contributed by atoms with Crippen molar-refractivity contribution in [3.63, 3.8) is 0 Å². The van der Waals surface area contributed by atoms with E-state index in [0.29, 0.717) is 11.7 Å². The summed E-state index contributed by atoms with van der Waals surface area (Å²) in [7, 11) is 0. The van der Waals surface area contributed by atoms with Crippen LogP contribution in [0.3, 0.4) is 0 Å². The summed E-state index contributed by atoms with van der Waals surface area (Å²) < 4.78 is 4.60. The molecule has 0 amide bonds. The highest BCUT2D eigenvalue weighted by atomic mass is 16.7. The molecule has 1 atom stereocenters. The highest BCUT2D eigenvalue weighted by molar-refractivity contribution is 5.66. The molecule has 3 nitrogen and oxygen atoms in total. The third kappa shape index (κ3) is 4.35.